The second kappa shape index (κ2) is 5.57. The fourth-order valence-electron chi connectivity index (χ4n) is 2.82. The highest BCUT2D eigenvalue weighted by atomic mass is 16.1. The molecule has 104 valence electrons. The molecule has 4 nitrogen and oxygen atoms in total. The summed E-state index contributed by atoms with van der Waals surface area (Å²) in [5.41, 5.74) is 1.56. The van der Waals surface area contributed by atoms with Crippen LogP contribution in [0.5, 0.6) is 0 Å². The Bertz CT molecular complexity index is 702. The number of hydrogen-bond acceptors (Lipinski definition) is 3. The van der Waals surface area contributed by atoms with E-state index in [2.05, 4.69) is 16.9 Å². The van der Waals surface area contributed by atoms with Gasteiger partial charge in [-0.05, 0) is 12.5 Å². The molecule has 0 amide bonds. The number of aliphatic imine (C=N–C) groups is 1. The normalized spacial score (nSPS) is 16.8. The summed E-state index contributed by atoms with van der Waals surface area (Å²) in [6, 6.07) is 7.93. The van der Waals surface area contributed by atoms with Gasteiger partial charge in [0.05, 0.1) is 23.6 Å². The summed E-state index contributed by atoms with van der Waals surface area (Å²) in [6.45, 7) is 2.21. The Hall–Kier alpha value is -1.97. The van der Waals surface area contributed by atoms with Gasteiger partial charge < -0.3 is 0 Å². The van der Waals surface area contributed by atoms with Crippen LogP contribution in [-0.4, -0.2) is 15.9 Å². The highest BCUT2D eigenvalue weighted by molar-refractivity contribution is 5.84. The summed E-state index contributed by atoms with van der Waals surface area (Å²) >= 11 is 0. The van der Waals surface area contributed by atoms with E-state index in [1.807, 2.05) is 24.3 Å². The first-order chi connectivity index (χ1) is 9.81. The minimum absolute atomic E-state index is 0.104. The number of rotatable bonds is 5. The Morgan fingerprint density at radius 3 is 2.90 bits per heavy atom. The predicted octanol–water partition coefficient (Wildman–Crippen LogP) is 3.30. The maximum atomic E-state index is 12.0. The zero-order chi connectivity index (χ0) is 13.9. The Morgan fingerprint density at radius 1 is 1.20 bits per heavy atom. The highest BCUT2D eigenvalue weighted by Crippen LogP contribution is 2.31. The molecule has 0 radical (unpaired) electrons. The molecular weight excluding hydrogens is 250 g/mol. The molecule has 0 saturated heterocycles. The Balaban J connectivity index is 1.94. The lowest BCUT2D eigenvalue weighted by atomic mass is 10.0. The van der Waals surface area contributed by atoms with E-state index in [-0.39, 0.29) is 11.7 Å². The standard InChI is InChI=1S/C16H19N3O/c1-2-3-4-5-10-14-15-12-8-6-7-9-13(12)18-16(20)19(15)11-17-14/h6-9,11,14H,2-5,10H2,1H3. The number of benzene rings is 1. The van der Waals surface area contributed by atoms with Crippen molar-refractivity contribution in [3.8, 4) is 0 Å². The van der Waals surface area contributed by atoms with Gasteiger partial charge in [-0.1, -0.05) is 50.8 Å². The van der Waals surface area contributed by atoms with Crippen LogP contribution in [0.3, 0.4) is 0 Å². The minimum atomic E-state index is -0.224. The van der Waals surface area contributed by atoms with Crippen molar-refractivity contribution in [2.24, 2.45) is 4.99 Å². The number of aromatic nitrogens is 2. The number of unbranched alkanes of at least 4 members (excludes halogenated alkanes) is 3. The monoisotopic (exact) mass is 269 g/mol. The lowest BCUT2D eigenvalue weighted by molar-refractivity contribution is 0.568. The van der Waals surface area contributed by atoms with Gasteiger partial charge in [-0.3, -0.25) is 9.56 Å². The average Bonchev–Trinajstić information content (AvgIpc) is 2.89. The van der Waals surface area contributed by atoms with E-state index in [9.17, 15) is 4.79 Å². The van der Waals surface area contributed by atoms with Gasteiger partial charge in [0, 0.05) is 5.39 Å². The molecule has 2 aromatic rings. The molecule has 4 heteroatoms. The number of nitrogens with zero attached hydrogens (tertiary/aromatic N) is 3. The Morgan fingerprint density at radius 2 is 2.05 bits per heavy atom. The van der Waals surface area contributed by atoms with Crippen LogP contribution in [0.2, 0.25) is 0 Å². The van der Waals surface area contributed by atoms with Crippen LogP contribution in [0.25, 0.3) is 10.9 Å². The first kappa shape index (κ1) is 13.0. The average molecular weight is 269 g/mol. The van der Waals surface area contributed by atoms with Gasteiger partial charge in [-0.25, -0.2) is 4.79 Å². The van der Waals surface area contributed by atoms with E-state index in [4.69, 9.17) is 0 Å². The molecule has 1 aliphatic rings. The van der Waals surface area contributed by atoms with Gasteiger partial charge in [0.25, 0.3) is 0 Å². The maximum Gasteiger partial charge on any atom is 0.353 e. The first-order valence-electron chi connectivity index (χ1n) is 7.35. The summed E-state index contributed by atoms with van der Waals surface area (Å²) in [5, 5.41) is 1.05. The number of fused-ring (bicyclic) bond motifs is 3. The third-order valence-electron chi connectivity index (χ3n) is 3.87. The summed E-state index contributed by atoms with van der Waals surface area (Å²) in [5.74, 6) is 0. The van der Waals surface area contributed by atoms with Crippen molar-refractivity contribution in [3.05, 3.63) is 40.4 Å². The summed E-state index contributed by atoms with van der Waals surface area (Å²) < 4.78 is 1.60. The first-order valence-corrected chi connectivity index (χ1v) is 7.35. The number of para-hydroxylation sites is 1. The molecule has 1 atom stereocenters. The van der Waals surface area contributed by atoms with Crippen LogP contribution in [0.4, 0.5) is 0 Å². The molecule has 3 rings (SSSR count). The zero-order valence-corrected chi connectivity index (χ0v) is 11.7. The van der Waals surface area contributed by atoms with Gasteiger partial charge >= 0.3 is 5.69 Å². The zero-order valence-electron chi connectivity index (χ0n) is 11.7. The van der Waals surface area contributed by atoms with Gasteiger partial charge in [0.2, 0.25) is 0 Å². The molecule has 1 aliphatic heterocycles. The van der Waals surface area contributed by atoms with Crippen LogP contribution in [0, 0.1) is 0 Å². The van der Waals surface area contributed by atoms with Crippen molar-refractivity contribution in [1.29, 1.82) is 0 Å². The van der Waals surface area contributed by atoms with E-state index in [1.54, 1.807) is 10.9 Å². The van der Waals surface area contributed by atoms with E-state index in [0.29, 0.717) is 0 Å². The molecule has 0 bridgehead atoms. The Labute approximate surface area is 118 Å². The van der Waals surface area contributed by atoms with Gasteiger partial charge in [-0.15, -0.1) is 0 Å². The van der Waals surface area contributed by atoms with Crippen molar-refractivity contribution in [2.75, 3.05) is 0 Å². The molecule has 1 unspecified atom stereocenters. The number of hydrogen-bond donors (Lipinski definition) is 0. The van der Waals surface area contributed by atoms with E-state index >= 15 is 0 Å². The molecule has 1 aromatic carbocycles. The molecule has 0 fully saturated rings. The lowest BCUT2D eigenvalue weighted by Gasteiger charge is -2.12. The molecule has 2 heterocycles. The molecule has 0 spiro atoms. The third kappa shape index (κ3) is 2.26. The van der Waals surface area contributed by atoms with Crippen molar-refractivity contribution < 1.29 is 0 Å². The van der Waals surface area contributed by atoms with Crippen molar-refractivity contribution >= 4 is 17.2 Å². The molecule has 0 aliphatic carbocycles. The van der Waals surface area contributed by atoms with E-state index in [1.165, 1.54) is 19.3 Å². The van der Waals surface area contributed by atoms with Crippen LogP contribution < -0.4 is 5.69 Å². The van der Waals surface area contributed by atoms with Crippen LogP contribution >= 0.6 is 0 Å². The largest absolute Gasteiger partial charge is 0.353 e. The molecule has 20 heavy (non-hydrogen) atoms. The van der Waals surface area contributed by atoms with Crippen LogP contribution in [0.15, 0.2) is 34.1 Å². The molecule has 0 N–H and O–H groups in total. The minimum Gasteiger partial charge on any atom is -0.265 e. The topological polar surface area (TPSA) is 47.2 Å². The van der Waals surface area contributed by atoms with E-state index in [0.717, 1.165) is 29.4 Å². The highest BCUT2D eigenvalue weighted by Gasteiger charge is 2.22. The Kier molecular flexibility index (Phi) is 3.63. The summed E-state index contributed by atoms with van der Waals surface area (Å²) in [4.78, 5) is 20.6. The third-order valence-corrected chi connectivity index (χ3v) is 3.87. The molecular formula is C16H19N3O. The fraction of sp³-hybridized carbons (Fsp3) is 0.438. The van der Waals surface area contributed by atoms with Gasteiger partial charge in [-0.2, -0.15) is 4.98 Å². The molecule has 0 saturated carbocycles. The summed E-state index contributed by atoms with van der Waals surface area (Å²) in [7, 11) is 0. The van der Waals surface area contributed by atoms with Crippen molar-refractivity contribution in [2.45, 2.75) is 45.1 Å². The fourth-order valence-corrected chi connectivity index (χ4v) is 2.82. The second-order valence-corrected chi connectivity index (χ2v) is 5.30. The maximum absolute atomic E-state index is 12.0. The lowest BCUT2D eigenvalue weighted by Crippen LogP contribution is -2.23. The SMILES string of the molecule is CCCCCCC1N=Cn2c1c1ccccc1nc2=O. The van der Waals surface area contributed by atoms with Crippen molar-refractivity contribution in [1.82, 2.24) is 9.55 Å². The van der Waals surface area contributed by atoms with Crippen molar-refractivity contribution in [3.63, 3.8) is 0 Å². The second-order valence-electron chi connectivity index (χ2n) is 5.30. The van der Waals surface area contributed by atoms with Gasteiger partial charge in [0.15, 0.2) is 0 Å². The predicted molar refractivity (Wildman–Crippen MR) is 81.4 cm³/mol. The summed E-state index contributed by atoms with van der Waals surface area (Å²) in [6.07, 6.45) is 7.53. The van der Waals surface area contributed by atoms with Crippen LogP contribution in [-0.2, 0) is 0 Å². The quantitative estimate of drug-likeness (QED) is 0.782. The smallest absolute Gasteiger partial charge is 0.265 e. The van der Waals surface area contributed by atoms with Crippen LogP contribution in [0.1, 0.15) is 50.8 Å². The van der Waals surface area contributed by atoms with E-state index < -0.39 is 0 Å². The van der Waals surface area contributed by atoms with Gasteiger partial charge in [0.1, 0.15) is 0 Å². The molecule has 1 aromatic heterocycles.